The number of thiazole rings is 1. The second kappa shape index (κ2) is 12.0. The highest BCUT2D eigenvalue weighted by atomic mass is 79.9. The van der Waals surface area contributed by atoms with Crippen LogP contribution in [0.25, 0.3) is 6.08 Å². The molecule has 4 rings (SSSR count). The van der Waals surface area contributed by atoms with Gasteiger partial charge in [-0.1, -0.05) is 36.5 Å². The van der Waals surface area contributed by atoms with Gasteiger partial charge in [-0.2, -0.15) is 0 Å². The van der Waals surface area contributed by atoms with Gasteiger partial charge in [-0.05, 0) is 66.0 Å². The highest BCUT2D eigenvalue weighted by Gasteiger charge is 2.35. The van der Waals surface area contributed by atoms with Crippen LogP contribution in [0.5, 0.6) is 17.2 Å². The number of hydrogen-bond donors (Lipinski definition) is 0. The maximum absolute atomic E-state index is 13.9. The minimum Gasteiger partial charge on any atom is -0.493 e. The van der Waals surface area contributed by atoms with Crippen LogP contribution in [0, 0.1) is 0 Å². The van der Waals surface area contributed by atoms with Crippen LogP contribution in [0.3, 0.4) is 0 Å². The van der Waals surface area contributed by atoms with Crippen molar-refractivity contribution in [2.45, 2.75) is 33.2 Å². The number of carbonyl (C=O) groups is 1. The largest absolute Gasteiger partial charge is 0.493 e. The fraction of sp³-hybridized carbons (Fsp3) is 0.321. The second-order valence-corrected chi connectivity index (χ2v) is 10.3. The standard InChI is InChI=1S/C28H29BrN2O6S/c1-6-13-37-25-18(9-8-10-21(25)34-4)24-23(27(33)35-5)16(3)30-28-31(24)26(32)22(38-28)15-17-11-12-20(36-7-2)19(29)14-17/h8-12,14-15,24H,6-7,13H2,1-5H3/b22-15-/t24-/m0/s1. The number of ether oxygens (including phenoxy) is 4. The van der Waals surface area contributed by atoms with E-state index >= 15 is 0 Å². The molecule has 10 heteroatoms. The van der Waals surface area contributed by atoms with E-state index in [1.807, 2.05) is 44.2 Å². The molecule has 0 saturated carbocycles. The molecule has 2 aromatic carbocycles. The Labute approximate surface area is 233 Å². The topological polar surface area (TPSA) is 88.4 Å². The lowest BCUT2D eigenvalue weighted by Crippen LogP contribution is -2.40. The number of hydrogen-bond acceptors (Lipinski definition) is 8. The highest BCUT2D eigenvalue weighted by Crippen LogP contribution is 2.40. The fourth-order valence-electron chi connectivity index (χ4n) is 4.29. The number of esters is 1. The van der Waals surface area contributed by atoms with Crippen molar-refractivity contribution in [2.75, 3.05) is 27.4 Å². The fourth-order valence-corrected chi connectivity index (χ4v) is 5.84. The summed E-state index contributed by atoms with van der Waals surface area (Å²) in [7, 11) is 2.87. The minimum absolute atomic E-state index is 0.268. The summed E-state index contributed by atoms with van der Waals surface area (Å²) in [5, 5.41) is 0. The van der Waals surface area contributed by atoms with E-state index in [1.54, 1.807) is 26.2 Å². The predicted octanol–water partition coefficient (Wildman–Crippen LogP) is 4.37. The minimum atomic E-state index is -0.810. The Hall–Kier alpha value is -3.37. The van der Waals surface area contributed by atoms with Gasteiger partial charge in [0.1, 0.15) is 11.8 Å². The molecular weight excluding hydrogens is 572 g/mol. The third kappa shape index (κ3) is 5.28. The number of carbonyl (C=O) groups excluding carboxylic acids is 1. The Morgan fingerprint density at radius 2 is 1.95 bits per heavy atom. The molecule has 200 valence electrons. The summed E-state index contributed by atoms with van der Waals surface area (Å²) >= 11 is 4.79. The Kier molecular flexibility index (Phi) is 8.73. The molecule has 0 spiro atoms. The van der Waals surface area contributed by atoms with E-state index in [-0.39, 0.29) is 11.1 Å². The lowest BCUT2D eigenvalue weighted by Gasteiger charge is -2.26. The maximum Gasteiger partial charge on any atom is 0.338 e. The van der Waals surface area contributed by atoms with Gasteiger partial charge in [0.05, 0.1) is 47.7 Å². The van der Waals surface area contributed by atoms with Gasteiger partial charge in [-0.15, -0.1) is 0 Å². The summed E-state index contributed by atoms with van der Waals surface area (Å²) in [6.07, 6.45) is 2.58. The first-order valence-corrected chi connectivity index (χ1v) is 13.8. The van der Waals surface area contributed by atoms with E-state index < -0.39 is 12.0 Å². The van der Waals surface area contributed by atoms with E-state index in [4.69, 9.17) is 18.9 Å². The molecular formula is C28H29BrN2O6S. The van der Waals surface area contributed by atoms with Gasteiger partial charge in [0, 0.05) is 5.56 Å². The zero-order valence-electron chi connectivity index (χ0n) is 21.9. The molecule has 1 aliphatic rings. The van der Waals surface area contributed by atoms with Crippen molar-refractivity contribution in [3.63, 3.8) is 0 Å². The smallest absolute Gasteiger partial charge is 0.338 e. The summed E-state index contributed by atoms with van der Waals surface area (Å²) < 4.78 is 25.2. The van der Waals surface area contributed by atoms with Crippen molar-refractivity contribution in [2.24, 2.45) is 4.99 Å². The number of allylic oxidation sites excluding steroid dienone is 1. The highest BCUT2D eigenvalue weighted by molar-refractivity contribution is 9.10. The number of nitrogens with zero attached hydrogens (tertiary/aromatic N) is 2. The van der Waals surface area contributed by atoms with Crippen LogP contribution < -0.4 is 29.1 Å². The number of halogens is 1. The molecule has 38 heavy (non-hydrogen) atoms. The molecule has 0 unspecified atom stereocenters. The van der Waals surface area contributed by atoms with Gasteiger partial charge in [-0.3, -0.25) is 9.36 Å². The van der Waals surface area contributed by atoms with Crippen molar-refractivity contribution in [1.82, 2.24) is 4.57 Å². The number of rotatable bonds is 9. The third-order valence-corrected chi connectivity index (χ3v) is 7.56. The molecule has 2 heterocycles. The van der Waals surface area contributed by atoms with Crippen LogP contribution in [-0.4, -0.2) is 38.0 Å². The Bertz CT molecular complexity index is 1570. The van der Waals surface area contributed by atoms with Crippen LogP contribution >= 0.6 is 27.3 Å². The molecule has 0 N–H and O–H groups in total. The number of para-hydroxylation sites is 1. The maximum atomic E-state index is 13.9. The van der Waals surface area contributed by atoms with E-state index in [1.165, 1.54) is 23.0 Å². The van der Waals surface area contributed by atoms with Gasteiger partial charge in [0.2, 0.25) is 0 Å². The number of benzene rings is 2. The van der Waals surface area contributed by atoms with E-state index in [0.29, 0.717) is 45.3 Å². The molecule has 1 atom stereocenters. The molecule has 0 aliphatic carbocycles. The van der Waals surface area contributed by atoms with Crippen molar-refractivity contribution < 1.29 is 23.7 Å². The monoisotopic (exact) mass is 600 g/mol. The third-order valence-electron chi connectivity index (χ3n) is 5.95. The van der Waals surface area contributed by atoms with Crippen molar-refractivity contribution in [3.05, 3.63) is 83.0 Å². The van der Waals surface area contributed by atoms with Gasteiger partial charge in [0.15, 0.2) is 16.3 Å². The van der Waals surface area contributed by atoms with E-state index in [0.717, 1.165) is 22.2 Å². The van der Waals surface area contributed by atoms with Crippen LogP contribution in [0.1, 0.15) is 44.4 Å². The molecule has 1 aliphatic heterocycles. The molecule has 3 aromatic rings. The summed E-state index contributed by atoms with van der Waals surface area (Å²) in [6, 6.07) is 10.3. The molecule has 0 saturated heterocycles. The Morgan fingerprint density at radius 3 is 2.61 bits per heavy atom. The first kappa shape index (κ1) is 27.7. The van der Waals surface area contributed by atoms with Crippen molar-refractivity contribution in [3.8, 4) is 17.2 Å². The van der Waals surface area contributed by atoms with Crippen LogP contribution in [-0.2, 0) is 9.53 Å². The summed E-state index contributed by atoms with van der Waals surface area (Å²) in [4.78, 5) is 32.0. The number of fused-ring (bicyclic) bond motifs is 1. The number of methoxy groups -OCH3 is 2. The molecule has 1 aromatic heterocycles. The van der Waals surface area contributed by atoms with Crippen LogP contribution in [0.4, 0.5) is 0 Å². The van der Waals surface area contributed by atoms with Crippen molar-refractivity contribution in [1.29, 1.82) is 0 Å². The Morgan fingerprint density at radius 1 is 1.16 bits per heavy atom. The first-order chi connectivity index (χ1) is 18.3. The quantitative estimate of drug-likeness (QED) is 0.339. The molecule has 0 radical (unpaired) electrons. The van der Waals surface area contributed by atoms with Gasteiger partial charge >= 0.3 is 5.97 Å². The molecule has 0 bridgehead atoms. The van der Waals surface area contributed by atoms with E-state index in [2.05, 4.69) is 20.9 Å². The lowest BCUT2D eigenvalue weighted by atomic mass is 9.94. The molecule has 0 fully saturated rings. The summed E-state index contributed by atoms with van der Waals surface area (Å²) in [6.45, 7) is 6.65. The van der Waals surface area contributed by atoms with Crippen LogP contribution in [0.2, 0.25) is 0 Å². The molecule has 8 nitrogen and oxygen atoms in total. The van der Waals surface area contributed by atoms with Gasteiger partial charge in [0.25, 0.3) is 5.56 Å². The zero-order valence-corrected chi connectivity index (χ0v) is 24.3. The van der Waals surface area contributed by atoms with Crippen molar-refractivity contribution >= 4 is 39.3 Å². The SMILES string of the molecule is CCCOc1c(OC)cccc1[C@H]1C(C(=O)OC)=C(C)N=c2s/c(=C\c3ccc(OCC)c(Br)c3)c(=O)n21. The van der Waals surface area contributed by atoms with Gasteiger partial charge in [-0.25, -0.2) is 9.79 Å². The summed E-state index contributed by atoms with van der Waals surface area (Å²) in [5.41, 5.74) is 1.90. The first-order valence-electron chi connectivity index (χ1n) is 12.2. The lowest BCUT2D eigenvalue weighted by molar-refractivity contribution is -0.136. The molecule has 0 amide bonds. The normalized spacial score (nSPS) is 15.1. The zero-order chi connectivity index (χ0) is 27.4. The van der Waals surface area contributed by atoms with E-state index in [9.17, 15) is 9.59 Å². The number of aromatic nitrogens is 1. The summed E-state index contributed by atoms with van der Waals surface area (Å²) in [5.74, 6) is 1.14. The Balaban J connectivity index is 1.96. The predicted molar refractivity (Wildman–Crippen MR) is 150 cm³/mol. The van der Waals surface area contributed by atoms with Crippen LogP contribution in [0.15, 0.2) is 61.9 Å². The second-order valence-electron chi connectivity index (χ2n) is 8.42. The average molecular weight is 602 g/mol. The van der Waals surface area contributed by atoms with Gasteiger partial charge < -0.3 is 18.9 Å². The average Bonchev–Trinajstić information content (AvgIpc) is 3.21.